The average molecular weight is 667 g/mol. The largest absolute Gasteiger partial charge is 0.394 e. The predicted octanol–water partition coefficient (Wildman–Crippen LogP) is -6.09. The monoisotopic (exact) mass is 666 g/mol. The van der Waals surface area contributed by atoms with Crippen LogP contribution in [-0.2, 0) is 33.3 Å². The maximum atomic E-state index is 12.7. The molecule has 46 heavy (non-hydrogen) atoms. The van der Waals surface area contributed by atoms with Gasteiger partial charge in [0.15, 0.2) is 12.6 Å². The molecular weight excluding hydrogens is 624 g/mol. The first-order valence-electron chi connectivity index (χ1n) is 14.3. The standard InChI is InChI=1S/C25H42N6O15/c1-8-25(42,7-33)22(46-23-15(31(4)12(36)5-27-30-26)19(40)16(37)11(6-32)44-23)24(43-8)45-21-14(29-10(3)35)17(38)13(28-9(2)34)18(39)20(21)41/h8,11,13-24,32-33,37-42H,5-7H2,1-4H3,(H,28,34)(H,29,35)/t8-,11-,13?,14-,15-,16?,17+,18-,19+,20?,21-,22-,23+,24-,25+/m0/s1. The van der Waals surface area contributed by atoms with Crippen LogP contribution in [-0.4, -0.2) is 182 Å². The Morgan fingerprint density at radius 3 is 2.07 bits per heavy atom. The van der Waals surface area contributed by atoms with Gasteiger partial charge in [-0.2, -0.15) is 0 Å². The Labute approximate surface area is 262 Å². The molecule has 0 spiro atoms. The number of aliphatic hydroxyl groups is 8. The van der Waals surface area contributed by atoms with Crippen molar-refractivity contribution >= 4 is 17.7 Å². The molecule has 2 heterocycles. The fourth-order valence-corrected chi connectivity index (χ4v) is 5.83. The zero-order valence-electron chi connectivity index (χ0n) is 25.4. The maximum Gasteiger partial charge on any atom is 0.228 e. The Balaban J connectivity index is 2.00. The number of nitrogens with one attached hydrogen (secondary N) is 2. The van der Waals surface area contributed by atoms with E-state index in [4.69, 9.17) is 24.5 Å². The van der Waals surface area contributed by atoms with Gasteiger partial charge in [-0.1, -0.05) is 5.11 Å². The van der Waals surface area contributed by atoms with Crippen LogP contribution in [0.3, 0.4) is 0 Å². The summed E-state index contributed by atoms with van der Waals surface area (Å²) in [7, 11) is 1.17. The fourth-order valence-electron chi connectivity index (χ4n) is 5.83. The molecule has 0 bridgehead atoms. The summed E-state index contributed by atoms with van der Waals surface area (Å²) in [5, 5.41) is 93.6. The van der Waals surface area contributed by atoms with Crippen molar-refractivity contribution in [3.63, 3.8) is 0 Å². The number of nitrogens with zero attached hydrogens (tertiary/aromatic N) is 4. The Kier molecular flexibility index (Phi) is 12.6. The molecule has 10 N–H and O–H groups in total. The lowest BCUT2D eigenvalue weighted by Gasteiger charge is -2.48. The van der Waals surface area contributed by atoms with Crippen LogP contribution in [0.25, 0.3) is 10.4 Å². The number of rotatable bonds is 11. The first-order chi connectivity index (χ1) is 21.5. The molecule has 0 radical (unpaired) electrons. The summed E-state index contributed by atoms with van der Waals surface area (Å²) in [6.07, 6.45) is -18.9. The molecule has 3 fully saturated rings. The molecule has 3 unspecified atom stereocenters. The summed E-state index contributed by atoms with van der Waals surface area (Å²) < 4.78 is 23.3. The number of hydrogen-bond donors (Lipinski definition) is 10. The molecule has 262 valence electrons. The highest BCUT2D eigenvalue weighted by molar-refractivity contribution is 5.78. The second kappa shape index (κ2) is 15.4. The van der Waals surface area contributed by atoms with E-state index in [1.54, 1.807) is 0 Å². The van der Waals surface area contributed by atoms with Crippen molar-refractivity contribution in [1.29, 1.82) is 0 Å². The van der Waals surface area contributed by atoms with Crippen molar-refractivity contribution in [2.24, 2.45) is 5.11 Å². The number of hydrogen-bond acceptors (Lipinski definition) is 16. The average Bonchev–Trinajstić information content (AvgIpc) is 3.24. The lowest BCUT2D eigenvalue weighted by atomic mass is 9.81. The first kappa shape index (κ1) is 37.7. The molecule has 0 aromatic heterocycles. The molecule has 0 aromatic rings. The van der Waals surface area contributed by atoms with E-state index >= 15 is 0 Å². The molecule has 2 saturated heterocycles. The molecule has 3 rings (SSSR count). The molecule has 3 aliphatic rings. The van der Waals surface area contributed by atoms with Gasteiger partial charge in [-0.25, -0.2) is 0 Å². The third-order valence-electron chi connectivity index (χ3n) is 8.45. The van der Waals surface area contributed by atoms with Crippen molar-refractivity contribution in [2.45, 2.75) is 112 Å². The topological polar surface area (TPSA) is 326 Å². The minimum absolute atomic E-state index is 0.663. The Morgan fingerprint density at radius 2 is 1.52 bits per heavy atom. The van der Waals surface area contributed by atoms with Crippen molar-refractivity contribution in [3.8, 4) is 0 Å². The molecule has 1 saturated carbocycles. The third-order valence-corrected chi connectivity index (χ3v) is 8.45. The van der Waals surface area contributed by atoms with Gasteiger partial charge in [-0.15, -0.1) is 0 Å². The second-order valence-electron chi connectivity index (χ2n) is 11.5. The smallest absolute Gasteiger partial charge is 0.228 e. The van der Waals surface area contributed by atoms with Crippen LogP contribution in [0.15, 0.2) is 5.11 Å². The van der Waals surface area contributed by atoms with E-state index in [0.29, 0.717) is 0 Å². The Morgan fingerprint density at radius 1 is 0.913 bits per heavy atom. The molecular formula is C25H42N6O15. The molecule has 1 aliphatic carbocycles. The molecule has 21 heteroatoms. The van der Waals surface area contributed by atoms with E-state index < -0.39 is 129 Å². The molecule has 3 amide bonds. The molecule has 0 aromatic carbocycles. The normalized spacial score (nSPS) is 42.5. The number of carbonyl (C=O) groups is 3. The first-order valence-corrected chi connectivity index (χ1v) is 14.3. The van der Waals surface area contributed by atoms with Gasteiger partial charge < -0.3 is 75.3 Å². The van der Waals surface area contributed by atoms with E-state index in [-0.39, 0.29) is 0 Å². The second-order valence-corrected chi connectivity index (χ2v) is 11.5. The minimum atomic E-state index is -2.32. The van der Waals surface area contributed by atoms with Gasteiger partial charge in [-0.3, -0.25) is 14.4 Å². The van der Waals surface area contributed by atoms with Crippen molar-refractivity contribution in [2.75, 3.05) is 26.8 Å². The van der Waals surface area contributed by atoms with Crippen molar-refractivity contribution < 1.29 is 74.2 Å². The van der Waals surface area contributed by atoms with E-state index in [1.165, 1.54) is 14.0 Å². The van der Waals surface area contributed by atoms with Gasteiger partial charge in [0.05, 0.1) is 37.5 Å². The van der Waals surface area contributed by atoms with Crippen LogP contribution in [0.5, 0.6) is 0 Å². The van der Waals surface area contributed by atoms with E-state index in [0.717, 1.165) is 18.7 Å². The lowest BCUT2D eigenvalue weighted by molar-refractivity contribution is -0.326. The summed E-state index contributed by atoms with van der Waals surface area (Å²) in [5.41, 5.74) is 6.29. The van der Waals surface area contributed by atoms with Crippen LogP contribution >= 0.6 is 0 Å². The van der Waals surface area contributed by atoms with Gasteiger partial charge in [0, 0.05) is 25.8 Å². The third kappa shape index (κ3) is 7.52. The Hall–Kier alpha value is -2.76. The van der Waals surface area contributed by atoms with Crippen molar-refractivity contribution in [1.82, 2.24) is 15.5 Å². The fraction of sp³-hybridized carbons (Fsp3) is 0.880. The number of ether oxygens (including phenoxy) is 4. The van der Waals surface area contributed by atoms with E-state index in [1.807, 2.05) is 0 Å². The predicted molar refractivity (Wildman–Crippen MR) is 148 cm³/mol. The van der Waals surface area contributed by atoms with E-state index in [2.05, 4.69) is 20.7 Å². The van der Waals surface area contributed by atoms with Gasteiger partial charge in [0.1, 0.15) is 60.9 Å². The van der Waals surface area contributed by atoms with Crippen LogP contribution in [0.4, 0.5) is 0 Å². The quantitative estimate of drug-likeness (QED) is 0.0557. The van der Waals surface area contributed by atoms with Crippen molar-refractivity contribution in [3.05, 3.63) is 10.4 Å². The summed E-state index contributed by atoms with van der Waals surface area (Å²) in [6, 6.07) is -4.52. The number of azide groups is 1. The van der Waals surface area contributed by atoms with Gasteiger partial charge in [0.25, 0.3) is 0 Å². The summed E-state index contributed by atoms with van der Waals surface area (Å²) in [6.45, 7) is 0.949. The highest BCUT2D eigenvalue weighted by Gasteiger charge is 2.61. The van der Waals surface area contributed by atoms with Crippen LogP contribution in [0.1, 0.15) is 20.8 Å². The summed E-state index contributed by atoms with van der Waals surface area (Å²) >= 11 is 0. The highest BCUT2D eigenvalue weighted by atomic mass is 16.8. The summed E-state index contributed by atoms with van der Waals surface area (Å²) in [5.74, 6) is -2.21. The zero-order valence-corrected chi connectivity index (χ0v) is 25.4. The SMILES string of the molecule is CC(=O)NC1[C@H](O)C(O)[C@@H](O[C@@H]2O[C@@H](C)[C@](O)(CO)[C@H]2O[C@H]2O[C@@H](CO)C(O)[C@H](O)[C@@H]2N(C)C(=O)CN=[N+]=[N-])[C@@H](NC(C)=O)[C@@H]1O. The summed E-state index contributed by atoms with van der Waals surface area (Å²) in [4.78, 5) is 39.8. The molecule has 21 nitrogen and oxygen atoms in total. The minimum Gasteiger partial charge on any atom is -0.394 e. The van der Waals surface area contributed by atoms with Crippen LogP contribution in [0.2, 0.25) is 0 Å². The molecule has 2 aliphatic heterocycles. The van der Waals surface area contributed by atoms with Gasteiger partial charge >= 0.3 is 0 Å². The number of aliphatic hydroxyl groups excluding tert-OH is 7. The maximum absolute atomic E-state index is 12.7. The van der Waals surface area contributed by atoms with E-state index in [9.17, 15) is 55.2 Å². The van der Waals surface area contributed by atoms with Crippen LogP contribution in [0, 0.1) is 0 Å². The molecule has 15 atom stereocenters. The number of carbonyl (C=O) groups excluding carboxylic acids is 3. The highest BCUT2D eigenvalue weighted by Crippen LogP contribution is 2.39. The zero-order chi connectivity index (χ0) is 34.7. The lowest BCUT2D eigenvalue weighted by Crippen LogP contribution is -2.72. The Bertz CT molecular complexity index is 1150. The number of amides is 3. The van der Waals surface area contributed by atoms with Gasteiger partial charge in [-0.05, 0) is 12.5 Å². The van der Waals surface area contributed by atoms with Gasteiger partial charge in [0.2, 0.25) is 17.7 Å². The van der Waals surface area contributed by atoms with Crippen LogP contribution < -0.4 is 10.6 Å². The number of likely N-dealkylation sites (N-methyl/N-ethyl adjacent to an activating group) is 1.